The summed E-state index contributed by atoms with van der Waals surface area (Å²) in [6.07, 6.45) is 1.78. The molecule has 28 heavy (non-hydrogen) atoms. The Labute approximate surface area is 173 Å². The molecule has 3 aromatic rings. The number of amides is 1. The van der Waals surface area contributed by atoms with Gasteiger partial charge in [0.25, 0.3) is 0 Å². The molecule has 1 aromatic heterocycles. The van der Waals surface area contributed by atoms with Gasteiger partial charge in [0.1, 0.15) is 0 Å². The SMILES string of the molecule is C=CCn1c(SCC(=O)Nc2cccc(C)c2C)nnc1-c1cccc(Cl)c1. The van der Waals surface area contributed by atoms with Gasteiger partial charge in [0.15, 0.2) is 11.0 Å². The minimum Gasteiger partial charge on any atom is -0.325 e. The van der Waals surface area contributed by atoms with Crippen molar-refractivity contribution in [3.05, 3.63) is 71.3 Å². The normalized spacial score (nSPS) is 10.7. The number of hydrogen-bond donors (Lipinski definition) is 1. The number of carbonyl (C=O) groups excluding carboxylic acids is 1. The van der Waals surface area contributed by atoms with Crippen molar-refractivity contribution in [2.45, 2.75) is 25.5 Å². The molecule has 2 aromatic carbocycles. The second kappa shape index (κ2) is 9.08. The summed E-state index contributed by atoms with van der Waals surface area (Å²) in [5, 5.41) is 12.8. The van der Waals surface area contributed by atoms with E-state index in [1.807, 2.05) is 60.9 Å². The van der Waals surface area contributed by atoms with Crippen molar-refractivity contribution in [3.8, 4) is 11.4 Å². The van der Waals surface area contributed by atoms with E-state index in [4.69, 9.17) is 11.6 Å². The van der Waals surface area contributed by atoms with Crippen molar-refractivity contribution in [1.29, 1.82) is 0 Å². The molecule has 0 unspecified atom stereocenters. The van der Waals surface area contributed by atoms with Crippen LogP contribution < -0.4 is 5.32 Å². The van der Waals surface area contributed by atoms with Gasteiger partial charge in [-0.1, -0.05) is 53.7 Å². The van der Waals surface area contributed by atoms with E-state index in [1.54, 1.807) is 6.08 Å². The highest BCUT2D eigenvalue weighted by atomic mass is 35.5. The topological polar surface area (TPSA) is 59.8 Å². The van der Waals surface area contributed by atoms with Crippen molar-refractivity contribution in [2.24, 2.45) is 0 Å². The van der Waals surface area contributed by atoms with Gasteiger partial charge in [0.2, 0.25) is 5.91 Å². The molecule has 1 N–H and O–H groups in total. The van der Waals surface area contributed by atoms with E-state index in [1.165, 1.54) is 11.8 Å². The van der Waals surface area contributed by atoms with E-state index in [0.29, 0.717) is 22.5 Å². The number of allylic oxidation sites excluding steroid dienone is 1. The third-order valence-electron chi connectivity index (χ3n) is 4.32. The Hall–Kier alpha value is -2.57. The number of anilines is 1. The zero-order valence-corrected chi connectivity index (χ0v) is 17.3. The predicted molar refractivity (Wildman–Crippen MR) is 116 cm³/mol. The molecule has 3 rings (SSSR count). The second-order valence-corrected chi connectivity index (χ2v) is 7.68. The lowest BCUT2D eigenvalue weighted by Crippen LogP contribution is -2.15. The van der Waals surface area contributed by atoms with Gasteiger partial charge in [-0.3, -0.25) is 9.36 Å². The molecule has 0 bridgehead atoms. The minimum atomic E-state index is -0.0869. The van der Waals surface area contributed by atoms with Crippen LogP contribution in [0.25, 0.3) is 11.4 Å². The smallest absolute Gasteiger partial charge is 0.234 e. The van der Waals surface area contributed by atoms with Crippen molar-refractivity contribution in [1.82, 2.24) is 14.8 Å². The molecule has 1 amide bonds. The number of aryl methyl sites for hydroxylation is 1. The van der Waals surface area contributed by atoms with Crippen molar-refractivity contribution in [2.75, 3.05) is 11.1 Å². The Balaban J connectivity index is 1.74. The molecule has 0 saturated carbocycles. The zero-order valence-electron chi connectivity index (χ0n) is 15.8. The summed E-state index contributed by atoms with van der Waals surface area (Å²) in [7, 11) is 0. The molecule has 7 heteroatoms. The van der Waals surface area contributed by atoms with E-state index in [2.05, 4.69) is 22.1 Å². The van der Waals surface area contributed by atoms with Crippen LogP contribution in [0.15, 0.2) is 60.3 Å². The number of rotatable bonds is 7. The van der Waals surface area contributed by atoms with E-state index in [-0.39, 0.29) is 11.7 Å². The van der Waals surface area contributed by atoms with Gasteiger partial charge in [0, 0.05) is 22.8 Å². The Morgan fingerprint density at radius 1 is 1.25 bits per heavy atom. The lowest BCUT2D eigenvalue weighted by Gasteiger charge is -2.11. The minimum absolute atomic E-state index is 0.0869. The maximum atomic E-state index is 12.4. The first-order chi connectivity index (χ1) is 13.5. The van der Waals surface area contributed by atoms with E-state index >= 15 is 0 Å². The number of carbonyl (C=O) groups is 1. The summed E-state index contributed by atoms with van der Waals surface area (Å²) in [6, 6.07) is 13.3. The van der Waals surface area contributed by atoms with Crippen LogP contribution in [-0.4, -0.2) is 26.4 Å². The summed E-state index contributed by atoms with van der Waals surface area (Å²) in [5.74, 6) is 0.842. The Morgan fingerprint density at radius 2 is 2.04 bits per heavy atom. The maximum Gasteiger partial charge on any atom is 0.234 e. The quantitative estimate of drug-likeness (QED) is 0.431. The molecule has 0 aliphatic heterocycles. The number of aromatic nitrogens is 3. The van der Waals surface area contributed by atoms with Gasteiger partial charge in [-0.25, -0.2) is 0 Å². The summed E-state index contributed by atoms with van der Waals surface area (Å²) in [6.45, 7) is 8.36. The van der Waals surface area contributed by atoms with Gasteiger partial charge < -0.3 is 5.32 Å². The lowest BCUT2D eigenvalue weighted by atomic mass is 10.1. The summed E-state index contributed by atoms with van der Waals surface area (Å²) in [4.78, 5) is 12.4. The van der Waals surface area contributed by atoms with Crippen molar-refractivity contribution in [3.63, 3.8) is 0 Å². The average Bonchev–Trinajstić information content (AvgIpc) is 3.07. The molecule has 0 radical (unpaired) electrons. The molecule has 0 spiro atoms. The largest absolute Gasteiger partial charge is 0.325 e. The molecule has 0 fully saturated rings. The molecular formula is C21H21ClN4OS. The first kappa shape index (κ1) is 20.2. The van der Waals surface area contributed by atoms with E-state index in [0.717, 1.165) is 22.4 Å². The number of hydrogen-bond acceptors (Lipinski definition) is 4. The molecule has 5 nitrogen and oxygen atoms in total. The van der Waals surface area contributed by atoms with Crippen LogP contribution in [0.3, 0.4) is 0 Å². The molecule has 1 heterocycles. The molecule has 144 valence electrons. The fourth-order valence-corrected chi connectivity index (χ4v) is 3.67. The fraction of sp³-hybridized carbons (Fsp3) is 0.190. The second-order valence-electron chi connectivity index (χ2n) is 6.30. The van der Waals surface area contributed by atoms with Gasteiger partial charge in [-0.2, -0.15) is 0 Å². The fourth-order valence-electron chi connectivity index (χ4n) is 2.73. The highest BCUT2D eigenvalue weighted by molar-refractivity contribution is 7.99. The van der Waals surface area contributed by atoms with Crippen LogP contribution in [0, 0.1) is 13.8 Å². The van der Waals surface area contributed by atoms with Crippen molar-refractivity contribution >= 4 is 35.0 Å². The van der Waals surface area contributed by atoms with E-state index < -0.39 is 0 Å². The summed E-state index contributed by atoms with van der Waals surface area (Å²) >= 11 is 7.44. The number of nitrogens with one attached hydrogen (secondary N) is 1. The molecule has 0 saturated heterocycles. The average molecular weight is 413 g/mol. The van der Waals surface area contributed by atoms with Gasteiger partial charge >= 0.3 is 0 Å². The van der Waals surface area contributed by atoms with E-state index in [9.17, 15) is 4.79 Å². The first-order valence-electron chi connectivity index (χ1n) is 8.78. The Bertz CT molecular complexity index is 1020. The van der Waals surface area contributed by atoms with Gasteiger partial charge in [-0.05, 0) is 43.2 Å². The highest BCUT2D eigenvalue weighted by Gasteiger charge is 2.15. The predicted octanol–water partition coefficient (Wildman–Crippen LogP) is 5.13. The highest BCUT2D eigenvalue weighted by Crippen LogP contribution is 2.26. The van der Waals surface area contributed by atoms with Gasteiger partial charge in [-0.15, -0.1) is 16.8 Å². The van der Waals surface area contributed by atoms with Crippen molar-refractivity contribution < 1.29 is 4.79 Å². The lowest BCUT2D eigenvalue weighted by molar-refractivity contribution is -0.113. The third-order valence-corrected chi connectivity index (χ3v) is 5.52. The standard InChI is InChI=1S/C21H21ClN4OS/c1-4-11-26-20(16-8-6-9-17(22)12-16)24-25-21(26)28-13-19(27)23-18-10-5-7-14(2)15(18)3/h4-10,12H,1,11,13H2,2-3H3,(H,23,27). The maximum absolute atomic E-state index is 12.4. The molecule has 0 atom stereocenters. The number of thioether (sulfide) groups is 1. The van der Waals surface area contributed by atoms with Crippen LogP contribution >= 0.6 is 23.4 Å². The van der Waals surface area contributed by atoms with Crippen LogP contribution in [0.5, 0.6) is 0 Å². The first-order valence-corrected chi connectivity index (χ1v) is 10.1. The van der Waals surface area contributed by atoms with Crippen LogP contribution in [0.4, 0.5) is 5.69 Å². The van der Waals surface area contributed by atoms with Gasteiger partial charge in [0.05, 0.1) is 5.75 Å². The van der Waals surface area contributed by atoms with Crippen LogP contribution in [-0.2, 0) is 11.3 Å². The number of benzene rings is 2. The molecule has 0 aliphatic rings. The summed E-state index contributed by atoms with van der Waals surface area (Å²) < 4.78 is 1.93. The van der Waals surface area contributed by atoms with Crippen LogP contribution in [0.2, 0.25) is 5.02 Å². The summed E-state index contributed by atoms with van der Waals surface area (Å²) in [5.41, 5.74) is 3.91. The van der Waals surface area contributed by atoms with Crippen LogP contribution in [0.1, 0.15) is 11.1 Å². The monoisotopic (exact) mass is 412 g/mol. The zero-order chi connectivity index (χ0) is 20.1. The molecule has 0 aliphatic carbocycles. The molecular weight excluding hydrogens is 392 g/mol. The Morgan fingerprint density at radius 3 is 2.79 bits per heavy atom. The Kier molecular flexibility index (Phi) is 6.54. The number of halogens is 1. The third kappa shape index (κ3) is 4.64. The number of nitrogens with zero attached hydrogens (tertiary/aromatic N) is 3.